The van der Waals surface area contributed by atoms with Crippen molar-refractivity contribution in [1.82, 2.24) is 5.43 Å². The average Bonchev–Trinajstić information content (AvgIpc) is 2.19. The Morgan fingerprint density at radius 3 is 2.79 bits per heavy atom. The molecular weight excluding hydrogens is 176 g/mol. The van der Waals surface area contributed by atoms with Gasteiger partial charge in [-0.25, -0.2) is 0 Å². The van der Waals surface area contributed by atoms with E-state index in [2.05, 4.69) is 19.3 Å². The fraction of sp³-hybridized carbons (Fsp3) is 1.00. The van der Waals surface area contributed by atoms with Crippen molar-refractivity contribution in [3.8, 4) is 0 Å². The SMILES string of the molecule is CCC(NN)C1(OC)CCCC(C)C1. The molecule has 84 valence electrons. The van der Waals surface area contributed by atoms with Crippen molar-refractivity contribution in [2.24, 2.45) is 11.8 Å². The Kier molecular flexibility index (Phi) is 4.35. The molecule has 0 aromatic heterocycles. The number of hydrogen-bond donors (Lipinski definition) is 2. The Hall–Kier alpha value is -0.120. The smallest absolute Gasteiger partial charge is 0.0846 e. The molecule has 0 aliphatic heterocycles. The van der Waals surface area contributed by atoms with Gasteiger partial charge in [-0.1, -0.05) is 26.7 Å². The van der Waals surface area contributed by atoms with E-state index in [1.54, 1.807) is 0 Å². The van der Waals surface area contributed by atoms with Crippen LogP contribution in [0.25, 0.3) is 0 Å². The van der Waals surface area contributed by atoms with E-state index < -0.39 is 0 Å². The highest BCUT2D eigenvalue weighted by molar-refractivity contribution is 4.95. The highest BCUT2D eigenvalue weighted by atomic mass is 16.5. The third kappa shape index (κ3) is 2.27. The van der Waals surface area contributed by atoms with Gasteiger partial charge in [0.2, 0.25) is 0 Å². The van der Waals surface area contributed by atoms with E-state index in [0.717, 1.165) is 25.2 Å². The zero-order valence-electron chi connectivity index (χ0n) is 9.68. The molecule has 1 fully saturated rings. The van der Waals surface area contributed by atoms with Crippen molar-refractivity contribution in [1.29, 1.82) is 0 Å². The summed E-state index contributed by atoms with van der Waals surface area (Å²) in [4.78, 5) is 0. The van der Waals surface area contributed by atoms with Crippen LogP contribution in [0.15, 0.2) is 0 Å². The molecule has 14 heavy (non-hydrogen) atoms. The Balaban J connectivity index is 2.72. The number of nitrogens with two attached hydrogens (primary N) is 1. The van der Waals surface area contributed by atoms with E-state index in [1.165, 1.54) is 12.8 Å². The lowest BCUT2D eigenvalue weighted by molar-refractivity contribution is -0.0799. The van der Waals surface area contributed by atoms with Crippen LogP contribution in [0.1, 0.15) is 46.0 Å². The van der Waals surface area contributed by atoms with Crippen LogP contribution in [0.4, 0.5) is 0 Å². The van der Waals surface area contributed by atoms with Gasteiger partial charge in [-0.05, 0) is 25.2 Å². The van der Waals surface area contributed by atoms with Gasteiger partial charge in [0.05, 0.1) is 5.60 Å². The molecule has 0 amide bonds. The van der Waals surface area contributed by atoms with E-state index >= 15 is 0 Å². The average molecular weight is 200 g/mol. The Morgan fingerprint density at radius 2 is 2.36 bits per heavy atom. The van der Waals surface area contributed by atoms with Crippen molar-refractivity contribution in [3.05, 3.63) is 0 Å². The molecule has 0 bridgehead atoms. The topological polar surface area (TPSA) is 47.3 Å². The summed E-state index contributed by atoms with van der Waals surface area (Å²) in [5, 5.41) is 0. The molecular formula is C11H24N2O. The summed E-state index contributed by atoms with van der Waals surface area (Å²) in [5.74, 6) is 6.35. The van der Waals surface area contributed by atoms with E-state index in [9.17, 15) is 0 Å². The summed E-state index contributed by atoms with van der Waals surface area (Å²) in [7, 11) is 1.82. The number of hydrazine groups is 1. The van der Waals surface area contributed by atoms with Crippen molar-refractivity contribution >= 4 is 0 Å². The predicted octanol–water partition coefficient (Wildman–Crippen LogP) is 1.82. The third-order valence-corrected chi connectivity index (χ3v) is 3.64. The maximum Gasteiger partial charge on any atom is 0.0846 e. The van der Waals surface area contributed by atoms with Crippen molar-refractivity contribution < 1.29 is 4.74 Å². The van der Waals surface area contributed by atoms with E-state index in [-0.39, 0.29) is 11.6 Å². The molecule has 1 aliphatic rings. The highest BCUT2D eigenvalue weighted by Crippen LogP contribution is 2.37. The molecule has 0 saturated heterocycles. The molecule has 1 rings (SSSR count). The van der Waals surface area contributed by atoms with Gasteiger partial charge in [0.25, 0.3) is 0 Å². The summed E-state index contributed by atoms with van der Waals surface area (Å²) in [5.41, 5.74) is 2.88. The van der Waals surface area contributed by atoms with Gasteiger partial charge < -0.3 is 4.74 Å². The second-order valence-electron chi connectivity index (χ2n) is 4.60. The van der Waals surface area contributed by atoms with Crippen LogP contribution in [0.2, 0.25) is 0 Å². The first-order chi connectivity index (χ1) is 6.68. The number of rotatable bonds is 4. The molecule has 1 saturated carbocycles. The van der Waals surface area contributed by atoms with Crippen LogP contribution in [-0.2, 0) is 4.74 Å². The molecule has 3 unspecified atom stereocenters. The quantitative estimate of drug-likeness (QED) is 0.537. The monoisotopic (exact) mass is 200 g/mol. The molecule has 3 heteroatoms. The molecule has 1 aliphatic carbocycles. The lowest BCUT2D eigenvalue weighted by Crippen LogP contribution is -2.56. The van der Waals surface area contributed by atoms with Gasteiger partial charge in [0.15, 0.2) is 0 Å². The van der Waals surface area contributed by atoms with Gasteiger partial charge >= 0.3 is 0 Å². The summed E-state index contributed by atoms with van der Waals surface area (Å²) in [6, 6.07) is 0.287. The van der Waals surface area contributed by atoms with Gasteiger partial charge in [-0.2, -0.15) is 0 Å². The summed E-state index contributed by atoms with van der Waals surface area (Å²) in [6.07, 6.45) is 5.87. The van der Waals surface area contributed by atoms with Crippen LogP contribution in [0, 0.1) is 5.92 Å². The zero-order valence-corrected chi connectivity index (χ0v) is 9.68. The first-order valence-corrected chi connectivity index (χ1v) is 5.69. The third-order valence-electron chi connectivity index (χ3n) is 3.64. The minimum atomic E-state index is -0.0266. The Bertz CT molecular complexity index is 171. The van der Waals surface area contributed by atoms with Crippen molar-refractivity contribution in [2.45, 2.75) is 57.6 Å². The molecule has 0 spiro atoms. The van der Waals surface area contributed by atoms with Gasteiger partial charge in [-0.3, -0.25) is 11.3 Å². The minimum absolute atomic E-state index is 0.0266. The molecule has 0 aromatic rings. The standard InChI is InChI=1S/C11H24N2O/c1-4-10(13-12)11(14-3)7-5-6-9(2)8-11/h9-10,13H,4-8,12H2,1-3H3. The fourth-order valence-corrected chi connectivity index (χ4v) is 2.83. The van der Waals surface area contributed by atoms with E-state index in [0.29, 0.717) is 0 Å². The summed E-state index contributed by atoms with van der Waals surface area (Å²) < 4.78 is 5.75. The molecule has 3 atom stereocenters. The molecule has 3 N–H and O–H groups in total. The van der Waals surface area contributed by atoms with Crippen LogP contribution >= 0.6 is 0 Å². The maximum absolute atomic E-state index is 5.75. The Labute approximate surface area is 87.4 Å². The van der Waals surface area contributed by atoms with Crippen LogP contribution in [-0.4, -0.2) is 18.8 Å². The normalized spacial score (nSPS) is 35.6. The zero-order chi connectivity index (χ0) is 10.6. The largest absolute Gasteiger partial charge is 0.377 e. The van der Waals surface area contributed by atoms with Gasteiger partial charge in [0.1, 0.15) is 0 Å². The van der Waals surface area contributed by atoms with Gasteiger partial charge in [-0.15, -0.1) is 0 Å². The van der Waals surface area contributed by atoms with E-state index in [1.807, 2.05) is 7.11 Å². The van der Waals surface area contributed by atoms with Gasteiger partial charge in [0, 0.05) is 13.2 Å². The molecule has 3 nitrogen and oxygen atoms in total. The number of nitrogens with one attached hydrogen (secondary N) is 1. The van der Waals surface area contributed by atoms with Crippen LogP contribution in [0.5, 0.6) is 0 Å². The second kappa shape index (κ2) is 5.10. The van der Waals surface area contributed by atoms with Crippen molar-refractivity contribution in [3.63, 3.8) is 0 Å². The number of methoxy groups -OCH3 is 1. The maximum atomic E-state index is 5.75. The Morgan fingerprint density at radius 1 is 1.64 bits per heavy atom. The molecule has 0 heterocycles. The van der Waals surface area contributed by atoms with E-state index in [4.69, 9.17) is 10.6 Å². The second-order valence-corrected chi connectivity index (χ2v) is 4.60. The first kappa shape index (κ1) is 12.0. The first-order valence-electron chi connectivity index (χ1n) is 5.69. The predicted molar refractivity (Wildman–Crippen MR) is 58.8 cm³/mol. The van der Waals surface area contributed by atoms with Crippen molar-refractivity contribution in [2.75, 3.05) is 7.11 Å². The summed E-state index contributed by atoms with van der Waals surface area (Å²) in [6.45, 7) is 4.46. The minimum Gasteiger partial charge on any atom is -0.377 e. The highest BCUT2D eigenvalue weighted by Gasteiger charge is 2.40. The number of ether oxygens (including phenoxy) is 1. The summed E-state index contributed by atoms with van der Waals surface area (Å²) >= 11 is 0. The number of hydrogen-bond acceptors (Lipinski definition) is 3. The fourth-order valence-electron chi connectivity index (χ4n) is 2.83. The lowest BCUT2D eigenvalue weighted by atomic mass is 9.74. The lowest BCUT2D eigenvalue weighted by Gasteiger charge is -2.44. The van der Waals surface area contributed by atoms with Crippen LogP contribution in [0.3, 0.4) is 0 Å². The molecule has 0 aromatic carbocycles. The molecule has 0 radical (unpaired) electrons. The van der Waals surface area contributed by atoms with Crippen LogP contribution < -0.4 is 11.3 Å².